The molecule has 0 spiro atoms. The molecule has 19 heavy (non-hydrogen) atoms. The molecule has 0 aliphatic rings. The largest absolute Gasteiger partial charge is 0.497 e. The highest BCUT2D eigenvalue weighted by atomic mass is 16.5. The Hall–Kier alpha value is -2.00. The van der Waals surface area contributed by atoms with Gasteiger partial charge in [0.15, 0.2) is 0 Å². The van der Waals surface area contributed by atoms with Crippen LogP contribution in [0.25, 0.3) is 0 Å². The molecule has 2 rings (SSSR count). The first-order valence-corrected chi connectivity index (χ1v) is 6.40. The Kier molecular flexibility index (Phi) is 4.81. The second-order valence-corrected chi connectivity index (χ2v) is 4.37. The van der Waals surface area contributed by atoms with Gasteiger partial charge in [0, 0.05) is 12.2 Å². The van der Waals surface area contributed by atoms with Gasteiger partial charge in [0.05, 0.1) is 13.2 Å². The molecule has 0 amide bonds. The Morgan fingerprint density at radius 3 is 2.37 bits per heavy atom. The highest BCUT2D eigenvalue weighted by Gasteiger charge is 2.05. The molecule has 2 aromatic carbocycles. The molecule has 0 bridgehead atoms. The third-order valence-electron chi connectivity index (χ3n) is 3.02. The van der Waals surface area contributed by atoms with E-state index >= 15 is 0 Å². The fourth-order valence-corrected chi connectivity index (χ4v) is 1.90. The first-order valence-electron chi connectivity index (χ1n) is 6.40. The van der Waals surface area contributed by atoms with Crippen molar-refractivity contribution >= 4 is 5.69 Å². The van der Waals surface area contributed by atoms with Gasteiger partial charge >= 0.3 is 0 Å². The third kappa shape index (κ3) is 4.00. The molecule has 0 radical (unpaired) electrons. The lowest BCUT2D eigenvalue weighted by atomic mass is 10.1. The summed E-state index contributed by atoms with van der Waals surface area (Å²) in [5, 5.41) is 13.3. The van der Waals surface area contributed by atoms with Crippen molar-refractivity contribution in [3.63, 3.8) is 0 Å². The topological polar surface area (TPSA) is 41.5 Å². The van der Waals surface area contributed by atoms with E-state index in [1.807, 2.05) is 54.6 Å². The highest BCUT2D eigenvalue weighted by molar-refractivity contribution is 5.46. The van der Waals surface area contributed by atoms with Crippen molar-refractivity contribution in [3.8, 4) is 5.75 Å². The summed E-state index contributed by atoms with van der Waals surface area (Å²) in [5.74, 6) is 0.842. The van der Waals surface area contributed by atoms with E-state index in [1.165, 1.54) is 0 Å². The molecule has 2 N–H and O–H groups in total. The maximum Gasteiger partial charge on any atom is 0.119 e. The number of hydrogen-bond acceptors (Lipinski definition) is 3. The van der Waals surface area contributed by atoms with Crippen LogP contribution in [0.5, 0.6) is 5.75 Å². The van der Waals surface area contributed by atoms with Crippen molar-refractivity contribution in [3.05, 3.63) is 60.2 Å². The van der Waals surface area contributed by atoms with Gasteiger partial charge in [-0.3, -0.25) is 0 Å². The number of aliphatic hydroxyl groups excluding tert-OH is 1. The van der Waals surface area contributed by atoms with Crippen LogP contribution in [-0.2, 0) is 0 Å². The standard InChI is InChI=1S/C16H19NO2/c1-19-15-9-7-14(8-10-15)17-12-11-16(18)13-5-3-2-4-6-13/h2-10,16-18H,11-12H2,1H3/t16-/m0/s1. The van der Waals surface area contributed by atoms with Crippen LogP contribution in [0.3, 0.4) is 0 Å². The number of aliphatic hydroxyl groups is 1. The summed E-state index contributed by atoms with van der Waals surface area (Å²) in [5.41, 5.74) is 1.99. The molecule has 1 atom stereocenters. The van der Waals surface area contributed by atoms with E-state index in [2.05, 4.69) is 5.32 Å². The summed E-state index contributed by atoms with van der Waals surface area (Å²) in [6, 6.07) is 17.5. The molecular formula is C16H19NO2. The van der Waals surface area contributed by atoms with Crippen molar-refractivity contribution in [1.82, 2.24) is 0 Å². The predicted molar refractivity (Wildman–Crippen MR) is 77.5 cm³/mol. The summed E-state index contributed by atoms with van der Waals surface area (Å²) in [6.45, 7) is 0.725. The first kappa shape index (κ1) is 13.4. The molecule has 0 heterocycles. The van der Waals surface area contributed by atoms with Gasteiger partial charge in [0.25, 0.3) is 0 Å². The van der Waals surface area contributed by atoms with Crippen molar-refractivity contribution in [2.45, 2.75) is 12.5 Å². The number of hydrogen-bond donors (Lipinski definition) is 2. The molecule has 0 saturated heterocycles. The molecular weight excluding hydrogens is 238 g/mol. The number of benzene rings is 2. The van der Waals surface area contributed by atoms with Crippen LogP contribution in [0.4, 0.5) is 5.69 Å². The number of rotatable bonds is 6. The van der Waals surface area contributed by atoms with E-state index in [9.17, 15) is 5.11 Å². The lowest BCUT2D eigenvalue weighted by molar-refractivity contribution is 0.171. The van der Waals surface area contributed by atoms with Gasteiger partial charge in [0.1, 0.15) is 5.75 Å². The average Bonchev–Trinajstić information content (AvgIpc) is 2.49. The van der Waals surface area contributed by atoms with Gasteiger partial charge in [-0.1, -0.05) is 30.3 Å². The summed E-state index contributed by atoms with van der Waals surface area (Å²) in [7, 11) is 1.65. The molecule has 3 heteroatoms. The smallest absolute Gasteiger partial charge is 0.119 e. The Bertz CT molecular complexity index is 482. The minimum atomic E-state index is -0.424. The van der Waals surface area contributed by atoms with Gasteiger partial charge in [-0.15, -0.1) is 0 Å². The second-order valence-electron chi connectivity index (χ2n) is 4.37. The molecule has 100 valence electrons. The normalized spacial score (nSPS) is 11.9. The van der Waals surface area contributed by atoms with Crippen LogP contribution in [0.15, 0.2) is 54.6 Å². The zero-order chi connectivity index (χ0) is 13.5. The number of ether oxygens (including phenoxy) is 1. The summed E-state index contributed by atoms with van der Waals surface area (Å²) in [6.07, 6.45) is 0.253. The summed E-state index contributed by atoms with van der Waals surface area (Å²) < 4.78 is 5.10. The molecule has 3 nitrogen and oxygen atoms in total. The molecule has 0 aliphatic heterocycles. The number of anilines is 1. The third-order valence-corrected chi connectivity index (χ3v) is 3.02. The Morgan fingerprint density at radius 2 is 1.74 bits per heavy atom. The SMILES string of the molecule is COc1ccc(NCC[C@H](O)c2ccccc2)cc1. The lowest BCUT2D eigenvalue weighted by Gasteiger charge is -2.12. The molecule has 0 fully saturated rings. The molecule has 0 aliphatic carbocycles. The van der Waals surface area contributed by atoms with Gasteiger partial charge in [-0.25, -0.2) is 0 Å². The van der Waals surface area contributed by atoms with Crippen molar-refractivity contribution in [1.29, 1.82) is 0 Å². The van der Waals surface area contributed by atoms with Crippen LogP contribution in [0.2, 0.25) is 0 Å². The Balaban J connectivity index is 1.79. The van der Waals surface area contributed by atoms with E-state index < -0.39 is 6.10 Å². The minimum Gasteiger partial charge on any atom is -0.497 e. The zero-order valence-electron chi connectivity index (χ0n) is 11.0. The van der Waals surface area contributed by atoms with Crippen molar-refractivity contribution in [2.75, 3.05) is 19.0 Å². The first-order chi connectivity index (χ1) is 9.29. The van der Waals surface area contributed by atoms with Crippen LogP contribution in [0.1, 0.15) is 18.1 Å². The Morgan fingerprint density at radius 1 is 1.05 bits per heavy atom. The summed E-state index contributed by atoms with van der Waals surface area (Å²) >= 11 is 0. The molecule has 2 aromatic rings. The summed E-state index contributed by atoms with van der Waals surface area (Å²) in [4.78, 5) is 0. The van der Waals surface area contributed by atoms with E-state index in [0.29, 0.717) is 6.42 Å². The van der Waals surface area contributed by atoms with E-state index in [4.69, 9.17) is 4.74 Å². The van der Waals surface area contributed by atoms with Crippen LogP contribution >= 0.6 is 0 Å². The zero-order valence-corrected chi connectivity index (χ0v) is 11.0. The van der Waals surface area contributed by atoms with E-state index in [1.54, 1.807) is 7.11 Å². The predicted octanol–water partition coefficient (Wildman–Crippen LogP) is 3.23. The highest BCUT2D eigenvalue weighted by Crippen LogP contribution is 2.18. The number of nitrogens with one attached hydrogen (secondary N) is 1. The van der Waals surface area contributed by atoms with Gasteiger partial charge < -0.3 is 15.2 Å². The van der Waals surface area contributed by atoms with E-state index in [-0.39, 0.29) is 0 Å². The van der Waals surface area contributed by atoms with Gasteiger partial charge in [0.2, 0.25) is 0 Å². The van der Waals surface area contributed by atoms with Crippen LogP contribution in [0, 0.1) is 0 Å². The molecule has 0 unspecified atom stereocenters. The van der Waals surface area contributed by atoms with Crippen molar-refractivity contribution in [2.24, 2.45) is 0 Å². The van der Waals surface area contributed by atoms with Gasteiger partial charge in [-0.2, -0.15) is 0 Å². The Labute approximate surface area is 113 Å². The van der Waals surface area contributed by atoms with Crippen molar-refractivity contribution < 1.29 is 9.84 Å². The average molecular weight is 257 g/mol. The van der Waals surface area contributed by atoms with Crippen LogP contribution < -0.4 is 10.1 Å². The molecule has 0 aromatic heterocycles. The van der Waals surface area contributed by atoms with E-state index in [0.717, 1.165) is 23.5 Å². The van der Waals surface area contributed by atoms with Crippen LogP contribution in [-0.4, -0.2) is 18.8 Å². The van der Waals surface area contributed by atoms with Gasteiger partial charge in [-0.05, 0) is 36.2 Å². The fourth-order valence-electron chi connectivity index (χ4n) is 1.90. The number of methoxy groups -OCH3 is 1. The lowest BCUT2D eigenvalue weighted by Crippen LogP contribution is -2.07. The second kappa shape index (κ2) is 6.81. The minimum absolute atomic E-state index is 0.424. The maximum absolute atomic E-state index is 10.0. The maximum atomic E-state index is 10.0. The molecule has 0 saturated carbocycles. The fraction of sp³-hybridized carbons (Fsp3) is 0.250. The monoisotopic (exact) mass is 257 g/mol. The quantitative estimate of drug-likeness (QED) is 0.834.